The molecule has 3 aromatic heterocycles. The molecule has 0 atom stereocenters. The van der Waals surface area contributed by atoms with Crippen molar-refractivity contribution in [2.45, 2.75) is 0 Å². The molecule has 0 N–H and O–H groups in total. The summed E-state index contributed by atoms with van der Waals surface area (Å²) in [7, 11) is 0. The number of para-hydroxylation sites is 3. The molecule has 0 saturated carbocycles. The van der Waals surface area contributed by atoms with Crippen LogP contribution in [0.1, 0.15) is 0 Å². The van der Waals surface area contributed by atoms with Crippen molar-refractivity contribution in [1.82, 2.24) is 9.13 Å². The second-order valence-corrected chi connectivity index (χ2v) is 15.6. The van der Waals surface area contributed by atoms with Crippen LogP contribution in [0.5, 0.6) is 0 Å². The summed E-state index contributed by atoms with van der Waals surface area (Å²) >= 11 is 1.89. The number of fused-ring (bicyclic) bond motifs is 10. The summed E-state index contributed by atoms with van der Waals surface area (Å²) in [5.41, 5.74) is 12.1. The Morgan fingerprint density at radius 1 is 0.327 bits per heavy atom. The maximum absolute atomic E-state index is 2.50. The highest BCUT2D eigenvalue weighted by Gasteiger charge is 2.19. The van der Waals surface area contributed by atoms with Crippen molar-refractivity contribution in [2.24, 2.45) is 0 Å². The highest BCUT2D eigenvalue weighted by atomic mass is 32.1. The van der Waals surface area contributed by atoms with Crippen LogP contribution in [0, 0.1) is 0 Å². The Morgan fingerprint density at radius 2 is 0.945 bits per heavy atom. The third-order valence-electron chi connectivity index (χ3n) is 11.5. The van der Waals surface area contributed by atoms with E-state index in [2.05, 4.69) is 203 Å². The molecule has 0 spiro atoms. The lowest BCUT2D eigenvalue weighted by molar-refractivity contribution is 1.18. The molecule has 2 nitrogen and oxygen atoms in total. The number of benzene rings is 9. The van der Waals surface area contributed by atoms with Crippen LogP contribution < -0.4 is 0 Å². The van der Waals surface area contributed by atoms with E-state index in [1.807, 2.05) is 11.3 Å². The van der Waals surface area contributed by atoms with Crippen molar-refractivity contribution < 1.29 is 0 Å². The number of aromatic nitrogens is 2. The molecule has 12 rings (SSSR count). The second kappa shape index (κ2) is 11.8. The average molecular weight is 717 g/mol. The smallest absolute Gasteiger partial charge is 0.0547 e. The Kier molecular flexibility index (Phi) is 6.54. The minimum atomic E-state index is 1.17. The van der Waals surface area contributed by atoms with Crippen LogP contribution in [0.4, 0.5) is 0 Å². The number of hydrogen-bond acceptors (Lipinski definition) is 1. The van der Waals surface area contributed by atoms with E-state index in [9.17, 15) is 0 Å². The molecule has 0 radical (unpaired) electrons. The molecule has 9 aromatic carbocycles. The Balaban J connectivity index is 1.10. The van der Waals surface area contributed by atoms with E-state index in [0.717, 1.165) is 0 Å². The first-order valence-electron chi connectivity index (χ1n) is 18.8. The minimum Gasteiger partial charge on any atom is -0.309 e. The van der Waals surface area contributed by atoms with Gasteiger partial charge in [0.05, 0.1) is 27.8 Å². The fourth-order valence-corrected chi connectivity index (χ4v) is 10.3. The van der Waals surface area contributed by atoms with Gasteiger partial charge in [0.25, 0.3) is 0 Å². The van der Waals surface area contributed by atoms with Crippen molar-refractivity contribution in [1.29, 1.82) is 0 Å². The van der Waals surface area contributed by atoms with Gasteiger partial charge in [0, 0.05) is 52.8 Å². The largest absolute Gasteiger partial charge is 0.309 e. The first kappa shape index (κ1) is 30.5. The SMILES string of the molecule is c1ccc(-n2c3ccccc3c3cc(-c4ccc5c6ccccc6n(-c6cc(-c7cccc8c7sc7ccccc78)cc7ccccc67)c5c4)ccc32)cc1. The first-order chi connectivity index (χ1) is 27.3. The molecule has 55 heavy (non-hydrogen) atoms. The normalized spacial score (nSPS) is 12.0. The van der Waals surface area contributed by atoms with E-state index in [1.54, 1.807) is 0 Å². The van der Waals surface area contributed by atoms with Crippen molar-refractivity contribution in [3.63, 3.8) is 0 Å². The molecular formula is C52H32N2S. The lowest BCUT2D eigenvalue weighted by Gasteiger charge is -2.15. The molecule has 0 fully saturated rings. The third kappa shape index (κ3) is 4.54. The summed E-state index contributed by atoms with van der Waals surface area (Å²) in [5.74, 6) is 0. The molecular weight excluding hydrogens is 685 g/mol. The Labute approximate surface area is 321 Å². The van der Waals surface area contributed by atoms with Gasteiger partial charge in [-0.2, -0.15) is 0 Å². The van der Waals surface area contributed by atoms with E-state index >= 15 is 0 Å². The minimum absolute atomic E-state index is 1.17. The number of rotatable bonds is 4. The van der Waals surface area contributed by atoms with Gasteiger partial charge in [0.15, 0.2) is 0 Å². The van der Waals surface area contributed by atoms with Gasteiger partial charge in [-0.3, -0.25) is 0 Å². The summed E-state index contributed by atoms with van der Waals surface area (Å²) < 4.78 is 7.54. The monoisotopic (exact) mass is 716 g/mol. The number of nitrogens with zero attached hydrogens (tertiary/aromatic N) is 2. The molecule has 12 aromatic rings. The third-order valence-corrected chi connectivity index (χ3v) is 12.7. The quantitative estimate of drug-likeness (QED) is 0.172. The first-order valence-corrected chi connectivity index (χ1v) is 19.7. The second-order valence-electron chi connectivity index (χ2n) is 14.5. The summed E-state index contributed by atoms with van der Waals surface area (Å²) in [6.45, 7) is 0. The average Bonchev–Trinajstić information content (AvgIpc) is 3.91. The van der Waals surface area contributed by atoms with E-state index < -0.39 is 0 Å². The van der Waals surface area contributed by atoms with Crippen LogP contribution in [-0.4, -0.2) is 9.13 Å². The Morgan fingerprint density at radius 3 is 1.80 bits per heavy atom. The van der Waals surface area contributed by atoms with Crippen LogP contribution in [0.25, 0.3) is 108 Å². The molecule has 0 aliphatic carbocycles. The highest BCUT2D eigenvalue weighted by Crippen LogP contribution is 2.43. The van der Waals surface area contributed by atoms with Crippen LogP contribution in [-0.2, 0) is 0 Å². The predicted molar refractivity (Wildman–Crippen MR) is 236 cm³/mol. The van der Waals surface area contributed by atoms with Gasteiger partial charge in [-0.05, 0) is 88.3 Å². The van der Waals surface area contributed by atoms with Gasteiger partial charge < -0.3 is 9.13 Å². The van der Waals surface area contributed by atoms with Crippen molar-refractivity contribution >= 4 is 85.9 Å². The predicted octanol–water partition coefficient (Wildman–Crippen LogP) is 14.7. The highest BCUT2D eigenvalue weighted by molar-refractivity contribution is 7.26. The van der Waals surface area contributed by atoms with E-state index in [-0.39, 0.29) is 0 Å². The molecule has 256 valence electrons. The summed E-state index contributed by atoms with van der Waals surface area (Å²) in [5, 5.41) is 10.1. The number of thiophene rings is 1. The molecule has 3 heterocycles. The zero-order valence-corrected chi connectivity index (χ0v) is 30.6. The fourth-order valence-electron chi connectivity index (χ4n) is 9.02. The zero-order chi connectivity index (χ0) is 36.0. The summed E-state index contributed by atoms with van der Waals surface area (Å²) in [6.07, 6.45) is 0. The molecule has 0 aliphatic rings. The van der Waals surface area contributed by atoms with Crippen LogP contribution in [0.3, 0.4) is 0 Å². The summed E-state index contributed by atoms with van der Waals surface area (Å²) in [4.78, 5) is 0. The van der Waals surface area contributed by atoms with Crippen molar-refractivity contribution in [3.05, 3.63) is 194 Å². The molecule has 0 bridgehead atoms. The van der Waals surface area contributed by atoms with Crippen molar-refractivity contribution in [2.75, 3.05) is 0 Å². The van der Waals surface area contributed by atoms with Crippen LogP contribution >= 0.6 is 11.3 Å². The maximum atomic E-state index is 2.50. The molecule has 0 saturated heterocycles. The van der Waals surface area contributed by atoms with Crippen molar-refractivity contribution in [3.8, 4) is 33.6 Å². The van der Waals surface area contributed by atoms with Gasteiger partial charge in [-0.15, -0.1) is 11.3 Å². The fraction of sp³-hybridized carbons (Fsp3) is 0. The maximum Gasteiger partial charge on any atom is 0.0547 e. The number of hydrogen-bond donors (Lipinski definition) is 0. The van der Waals surface area contributed by atoms with E-state index in [0.29, 0.717) is 0 Å². The lowest BCUT2D eigenvalue weighted by atomic mass is 9.98. The van der Waals surface area contributed by atoms with E-state index in [1.165, 1.54) is 108 Å². The lowest BCUT2D eigenvalue weighted by Crippen LogP contribution is -1.97. The zero-order valence-electron chi connectivity index (χ0n) is 29.8. The molecule has 0 amide bonds. The summed E-state index contributed by atoms with van der Waals surface area (Å²) in [6, 6.07) is 71.5. The van der Waals surface area contributed by atoms with Gasteiger partial charge >= 0.3 is 0 Å². The standard InChI is InChI=1S/C52H32N2S/c1-2-14-37(15-3-1)53-46-22-9-7-18-41(46)45-30-33(26-28-48(45)53)34-25-27-42-40-17-6-10-23-47(40)54(50(42)31-34)49-32-36(29-35-13-4-5-16-38(35)49)39-20-12-21-44-43-19-8-11-24-51(43)55-52(39)44/h1-32H. The van der Waals surface area contributed by atoms with Gasteiger partial charge in [-0.1, -0.05) is 133 Å². The van der Waals surface area contributed by atoms with Gasteiger partial charge in [-0.25, -0.2) is 0 Å². The van der Waals surface area contributed by atoms with Gasteiger partial charge in [0.1, 0.15) is 0 Å². The Bertz CT molecular complexity index is 3490. The Hall–Kier alpha value is -6.94. The van der Waals surface area contributed by atoms with Crippen LogP contribution in [0.2, 0.25) is 0 Å². The van der Waals surface area contributed by atoms with Crippen LogP contribution in [0.15, 0.2) is 194 Å². The molecule has 0 unspecified atom stereocenters. The molecule has 3 heteroatoms. The topological polar surface area (TPSA) is 9.86 Å². The van der Waals surface area contributed by atoms with Gasteiger partial charge in [0.2, 0.25) is 0 Å². The van der Waals surface area contributed by atoms with E-state index in [4.69, 9.17) is 0 Å². The molecule has 0 aliphatic heterocycles.